The maximum absolute atomic E-state index is 13.5. The fourth-order valence-electron chi connectivity index (χ4n) is 4.91. The SMILES string of the molecule is CNc1nc2c(c(-c3cc(Cl)c(O)c(C(N)=O)c3)cn2CC(=O)Nc2cc(N3CCOC[C@@H]3C)ncc2Cl)c(=O)n1C. The van der Waals surface area contributed by atoms with Gasteiger partial charge in [-0.05, 0) is 24.6 Å². The number of anilines is 3. The second-order valence-corrected chi connectivity index (χ2v) is 10.6. The van der Waals surface area contributed by atoms with Crippen molar-refractivity contribution in [2.75, 3.05) is 42.3 Å². The number of primary amides is 1. The number of pyridine rings is 1. The molecule has 1 aromatic carbocycles. The number of nitrogens with zero attached hydrogens (tertiary/aromatic N) is 5. The van der Waals surface area contributed by atoms with E-state index in [1.54, 1.807) is 26.4 Å². The molecule has 1 fully saturated rings. The van der Waals surface area contributed by atoms with Crippen LogP contribution in [0, 0.1) is 0 Å². The van der Waals surface area contributed by atoms with E-state index in [2.05, 4.69) is 25.5 Å². The zero-order valence-corrected chi connectivity index (χ0v) is 24.5. The number of hydrogen-bond acceptors (Lipinski definition) is 9. The van der Waals surface area contributed by atoms with Gasteiger partial charge in [0.2, 0.25) is 11.9 Å². The largest absolute Gasteiger partial charge is 0.506 e. The molecule has 2 amide bonds. The summed E-state index contributed by atoms with van der Waals surface area (Å²) in [5.41, 5.74) is 6.05. The van der Waals surface area contributed by atoms with Crippen molar-refractivity contribution in [2.45, 2.75) is 19.5 Å². The second-order valence-electron chi connectivity index (χ2n) is 9.83. The number of carbonyl (C=O) groups is 2. The molecule has 5 rings (SSSR count). The molecule has 0 unspecified atom stereocenters. The van der Waals surface area contributed by atoms with Crippen LogP contribution in [0.25, 0.3) is 22.2 Å². The average molecular weight is 615 g/mol. The summed E-state index contributed by atoms with van der Waals surface area (Å²) in [6, 6.07) is 4.54. The summed E-state index contributed by atoms with van der Waals surface area (Å²) in [5.74, 6) is -0.899. The van der Waals surface area contributed by atoms with Gasteiger partial charge in [-0.2, -0.15) is 4.98 Å². The number of fused-ring (bicyclic) bond motifs is 1. The smallest absolute Gasteiger partial charge is 0.264 e. The van der Waals surface area contributed by atoms with Crippen molar-refractivity contribution in [3.8, 4) is 16.9 Å². The molecule has 4 aromatic rings. The fourth-order valence-corrected chi connectivity index (χ4v) is 5.28. The summed E-state index contributed by atoms with van der Waals surface area (Å²) in [5, 5.41) is 16.2. The second kappa shape index (κ2) is 11.5. The van der Waals surface area contributed by atoms with Gasteiger partial charge in [0.1, 0.15) is 18.1 Å². The monoisotopic (exact) mass is 614 g/mol. The van der Waals surface area contributed by atoms with Crippen LogP contribution in [0.3, 0.4) is 0 Å². The van der Waals surface area contributed by atoms with E-state index in [0.717, 1.165) is 0 Å². The van der Waals surface area contributed by atoms with E-state index in [4.69, 9.17) is 33.7 Å². The maximum Gasteiger partial charge on any atom is 0.264 e. The van der Waals surface area contributed by atoms with E-state index < -0.39 is 23.1 Å². The summed E-state index contributed by atoms with van der Waals surface area (Å²) < 4.78 is 8.33. The molecule has 0 saturated carbocycles. The van der Waals surface area contributed by atoms with Crippen LogP contribution >= 0.6 is 23.2 Å². The number of aromatic nitrogens is 4. The first-order chi connectivity index (χ1) is 20.0. The molecule has 1 atom stereocenters. The number of nitrogens with one attached hydrogen (secondary N) is 2. The molecular weight excluding hydrogens is 587 g/mol. The number of hydrogen-bond donors (Lipinski definition) is 4. The van der Waals surface area contributed by atoms with Crippen molar-refractivity contribution in [3.63, 3.8) is 0 Å². The van der Waals surface area contributed by atoms with Crippen LogP contribution in [-0.2, 0) is 23.1 Å². The Morgan fingerprint density at radius 1 is 1.24 bits per heavy atom. The van der Waals surface area contributed by atoms with Crippen LogP contribution < -0.4 is 26.8 Å². The van der Waals surface area contributed by atoms with Gasteiger partial charge in [-0.15, -0.1) is 0 Å². The summed E-state index contributed by atoms with van der Waals surface area (Å²) in [4.78, 5) is 49.8. The van der Waals surface area contributed by atoms with E-state index in [0.29, 0.717) is 42.4 Å². The minimum Gasteiger partial charge on any atom is -0.506 e. The molecule has 5 N–H and O–H groups in total. The van der Waals surface area contributed by atoms with Gasteiger partial charge in [-0.3, -0.25) is 19.0 Å². The van der Waals surface area contributed by atoms with Crippen molar-refractivity contribution in [1.82, 2.24) is 19.1 Å². The van der Waals surface area contributed by atoms with Gasteiger partial charge in [0.15, 0.2) is 5.65 Å². The Morgan fingerprint density at radius 2 is 2.00 bits per heavy atom. The Morgan fingerprint density at radius 3 is 2.69 bits per heavy atom. The molecule has 0 aliphatic carbocycles. The first-order valence-corrected chi connectivity index (χ1v) is 13.7. The van der Waals surface area contributed by atoms with Crippen molar-refractivity contribution < 1.29 is 19.4 Å². The number of rotatable bonds is 7. The number of morpholine rings is 1. The topological polar surface area (TPSA) is 170 Å². The lowest BCUT2D eigenvalue weighted by atomic mass is 10.0. The van der Waals surface area contributed by atoms with Gasteiger partial charge in [0.25, 0.3) is 11.5 Å². The molecule has 0 bridgehead atoms. The third-order valence-electron chi connectivity index (χ3n) is 7.05. The lowest BCUT2D eigenvalue weighted by molar-refractivity contribution is -0.116. The van der Waals surface area contributed by atoms with Crippen LogP contribution in [0.15, 0.2) is 35.4 Å². The summed E-state index contributed by atoms with van der Waals surface area (Å²) in [6.45, 7) is 3.55. The standard InChI is InChI=1S/C27H28Cl2N8O5/c1-13-12-42-5-4-37(13)20-8-19(18(29)9-32-20)33-21(38)11-36-10-16(14-6-15(24(30)40)23(39)17(28)7-14)22-25(36)34-27(31-2)35(3)26(22)41/h6-10,13,39H,4-5,11-12H2,1-3H3,(H2,30,40)(H,31,34)(H,32,33,38)/t13-/m0/s1. The Bertz CT molecular complexity index is 1790. The lowest BCUT2D eigenvalue weighted by Crippen LogP contribution is -2.44. The number of phenols is 1. The highest BCUT2D eigenvalue weighted by Gasteiger charge is 2.24. The van der Waals surface area contributed by atoms with E-state index >= 15 is 0 Å². The van der Waals surface area contributed by atoms with Gasteiger partial charge in [0, 0.05) is 38.5 Å². The summed E-state index contributed by atoms with van der Waals surface area (Å²) >= 11 is 12.6. The molecule has 0 radical (unpaired) electrons. The third-order valence-corrected chi connectivity index (χ3v) is 7.64. The van der Waals surface area contributed by atoms with E-state index in [1.807, 2.05) is 6.92 Å². The van der Waals surface area contributed by atoms with Gasteiger partial charge in [-0.1, -0.05) is 23.2 Å². The van der Waals surface area contributed by atoms with Crippen LogP contribution in [0.2, 0.25) is 10.0 Å². The summed E-state index contributed by atoms with van der Waals surface area (Å²) in [6.07, 6.45) is 3.04. The summed E-state index contributed by atoms with van der Waals surface area (Å²) in [7, 11) is 3.16. The van der Waals surface area contributed by atoms with Gasteiger partial charge < -0.3 is 35.7 Å². The highest BCUT2D eigenvalue weighted by molar-refractivity contribution is 6.34. The molecule has 15 heteroatoms. The minimum absolute atomic E-state index is 0.0965. The first kappa shape index (κ1) is 29.2. The molecule has 4 heterocycles. The number of benzene rings is 1. The number of carbonyl (C=O) groups excluding carboxylic acids is 2. The Kier molecular flexibility index (Phi) is 7.99. The number of ether oxygens (including phenoxy) is 1. The van der Waals surface area contributed by atoms with Crippen LogP contribution in [0.4, 0.5) is 17.5 Å². The van der Waals surface area contributed by atoms with Gasteiger partial charge in [0.05, 0.1) is 52.1 Å². The average Bonchev–Trinajstić information content (AvgIpc) is 3.31. The van der Waals surface area contributed by atoms with Crippen molar-refractivity contribution >= 4 is 63.5 Å². The predicted octanol–water partition coefficient (Wildman–Crippen LogP) is 2.81. The molecule has 3 aromatic heterocycles. The van der Waals surface area contributed by atoms with Crippen LogP contribution in [-0.4, -0.2) is 68.9 Å². The number of amides is 2. The van der Waals surface area contributed by atoms with E-state index in [-0.39, 0.29) is 45.2 Å². The van der Waals surface area contributed by atoms with Crippen LogP contribution in [0.5, 0.6) is 5.75 Å². The molecule has 42 heavy (non-hydrogen) atoms. The van der Waals surface area contributed by atoms with Gasteiger partial charge >= 0.3 is 0 Å². The van der Waals surface area contributed by atoms with Crippen molar-refractivity contribution in [1.29, 1.82) is 0 Å². The van der Waals surface area contributed by atoms with Crippen LogP contribution in [0.1, 0.15) is 17.3 Å². The molecular formula is C27H28Cl2N8O5. The Balaban J connectivity index is 1.55. The quantitative estimate of drug-likeness (QED) is 0.244. The highest BCUT2D eigenvalue weighted by atomic mass is 35.5. The molecule has 0 spiro atoms. The third kappa shape index (κ3) is 5.33. The highest BCUT2D eigenvalue weighted by Crippen LogP contribution is 2.36. The zero-order valence-electron chi connectivity index (χ0n) is 22.9. The predicted molar refractivity (Wildman–Crippen MR) is 161 cm³/mol. The zero-order chi connectivity index (χ0) is 30.3. The fraction of sp³-hybridized carbons (Fsp3) is 0.296. The normalized spacial score (nSPS) is 15.2. The van der Waals surface area contributed by atoms with Gasteiger partial charge in [-0.25, -0.2) is 4.98 Å². The van der Waals surface area contributed by atoms with E-state index in [9.17, 15) is 19.5 Å². The van der Waals surface area contributed by atoms with E-state index in [1.165, 1.54) is 27.5 Å². The molecule has 1 aliphatic rings. The minimum atomic E-state index is -0.900. The molecule has 13 nitrogen and oxygen atoms in total. The Hall–Kier alpha value is -4.33. The first-order valence-electron chi connectivity index (χ1n) is 12.9. The number of halogens is 2. The number of aromatic hydroxyl groups is 1. The number of nitrogens with two attached hydrogens (primary N) is 1. The maximum atomic E-state index is 13.5. The Labute approximate surface area is 249 Å². The molecule has 1 aliphatic heterocycles. The lowest BCUT2D eigenvalue weighted by Gasteiger charge is -2.34. The van der Waals surface area contributed by atoms with Crippen molar-refractivity contribution in [3.05, 3.63) is 56.6 Å². The molecule has 220 valence electrons. The molecule has 1 saturated heterocycles. The van der Waals surface area contributed by atoms with Crippen molar-refractivity contribution in [2.24, 2.45) is 12.8 Å².